The molecule has 0 saturated heterocycles. The van der Waals surface area contributed by atoms with Crippen LogP contribution in [0.2, 0.25) is 0 Å². The SMILES string of the molecule is O=C(COc1ccc(Br)cc1F)Nc1ccnn1Cc1ccccc1Br. The molecule has 5 nitrogen and oxygen atoms in total. The van der Waals surface area contributed by atoms with Gasteiger partial charge in [-0.25, -0.2) is 9.07 Å². The van der Waals surface area contributed by atoms with Gasteiger partial charge in [-0.2, -0.15) is 5.10 Å². The van der Waals surface area contributed by atoms with Crippen LogP contribution in [0.25, 0.3) is 0 Å². The molecule has 0 unspecified atom stereocenters. The summed E-state index contributed by atoms with van der Waals surface area (Å²) in [5.41, 5.74) is 1.03. The van der Waals surface area contributed by atoms with Crippen LogP contribution in [0.5, 0.6) is 5.75 Å². The van der Waals surface area contributed by atoms with Gasteiger partial charge in [-0.05, 0) is 29.8 Å². The number of hydrogen-bond acceptors (Lipinski definition) is 3. The van der Waals surface area contributed by atoms with Crippen molar-refractivity contribution in [3.8, 4) is 5.75 Å². The number of carbonyl (C=O) groups is 1. The molecule has 0 radical (unpaired) electrons. The van der Waals surface area contributed by atoms with E-state index in [2.05, 4.69) is 42.3 Å². The second kappa shape index (κ2) is 8.46. The standard InChI is InChI=1S/C18H14Br2FN3O2/c19-13-5-6-16(15(21)9-13)26-11-18(25)23-17-7-8-22-24(17)10-12-3-1-2-4-14(12)20/h1-9H,10-11H2,(H,23,25). The molecule has 0 spiro atoms. The van der Waals surface area contributed by atoms with Crippen molar-refractivity contribution in [2.75, 3.05) is 11.9 Å². The molecule has 26 heavy (non-hydrogen) atoms. The van der Waals surface area contributed by atoms with Crippen molar-refractivity contribution in [1.82, 2.24) is 9.78 Å². The topological polar surface area (TPSA) is 56.1 Å². The molecule has 0 aliphatic carbocycles. The average Bonchev–Trinajstić information content (AvgIpc) is 3.03. The highest BCUT2D eigenvalue weighted by Gasteiger charge is 2.11. The predicted molar refractivity (Wildman–Crippen MR) is 104 cm³/mol. The highest BCUT2D eigenvalue weighted by Crippen LogP contribution is 2.22. The van der Waals surface area contributed by atoms with Gasteiger partial charge in [-0.15, -0.1) is 0 Å². The summed E-state index contributed by atoms with van der Waals surface area (Å²) in [4.78, 5) is 12.1. The number of halogens is 3. The predicted octanol–water partition coefficient (Wildman–Crippen LogP) is 4.61. The summed E-state index contributed by atoms with van der Waals surface area (Å²) in [5, 5.41) is 6.94. The summed E-state index contributed by atoms with van der Waals surface area (Å²) in [5.74, 6) is -0.386. The fraction of sp³-hybridized carbons (Fsp3) is 0.111. The number of anilines is 1. The van der Waals surface area contributed by atoms with Crippen molar-refractivity contribution in [2.45, 2.75) is 6.54 Å². The molecule has 0 aliphatic heterocycles. The molecule has 134 valence electrons. The Morgan fingerprint density at radius 1 is 1.19 bits per heavy atom. The molecule has 1 N–H and O–H groups in total. The van der Waals surface area contributed by atoms with Gasteiger partial charge in [0.25, 0.3) is 5.91 Å². The Morgan fingerprint density at radius 3 is 2.77 bits per heavy atom. The van der Waals surface area contributed by atoms with E-state index < -0.39 is 11.7 Å². The number of nitrogens with one attached hydrogen (secondary N) is 1. The highest BCUT2D eigenvalue weighted by molar-refractivity contribution is 9.10. The van der Waals surface area contributed by atoms with Gasteiger partial charge in [0, 0.05) is 15.0 Å². The van der Waals surface area contributed by atoms with Crippen molar-refractivity contribution in [1.29, 1.82) is 0 Å². The Labute approximate surface area is 166 Å². The van der Waals surface area contributed by atoms with Crippen LogP contribution in [0.4, 0.5) is 10.2 Å². The van der Waals surface area contributed by atoms with Crippen LogP contribution in [0.1, 0.15) is 5.56 Å². The van der Waals surface area contributed by atoms with Crippen molar-refractivity contribution >= 4 is 43.6 Å². The van der Waals surface area contributed by atoms with E-state index in [1.165, 1.54) is 12.1 Å². The maximum absolute atomic E-state index is 13.7. The molecule has 0 fully saturated rings. The second-order valence-corrected chi connectivity index (χ2v) is 7.15. The quantitative estimate of drug-likeness (QED) is 0.558. The van der Waals surface area contributed by atoms with E-state index in [0.29, 0.717) is 16.8 Å². The first kappa shape index (κ1) is 18.6. The minimum absolute atomic E-state index is 0.0186. The Bertz CT molecular complexity index is 930. The van der Waals surface area contributed by atoms with Crippen LogP contribution in [-0.4, -0.2) is 22.3 Å². The average molecular weight is 483 g/mol. The Balaban J connectivity index is 1.62. The highest BCUT2D eigenvalue weighted by atomic mass is 79.9. The molecule has 3 rings (SSSR count). The maximum Gasteiger partial charge on any atom is 0.263 e. The number of hydrogen-bond donors (Lipinski definition) is 1. The van der Waals surface area contributed by atoms with Gasteiger partial charge in [0.2, 0.25) is 0 Å². The molecule has 0 saturated carbocycles. The minimum Gasteiger partial charge on any atom is -0.481 e. The fourth-order valence-electron chi connectivity index (χ4n) is 2.27. The molecular formula is C18H14Br2FN3O2. The lowest BCUT2D eigenvalue weighted by molar-refractivity contribution is -0.118. The molecule has 0 bridgehead atoms. The number of amides is 1. The summed E-state index contributed by atoms with van der Waals surface area (Å²) >= 11 is 6.66. The monoisotopic (exact) mass is 481 g/mol. The summed E-state index contributed by atoms with van der Waals surface area (Å²) in [6.45, 7) is 0.186. The van der Waals surface area contributed by atoms with Crippen LogP contribution < -0.4 is 10.1 Å². The van der Waals surface area contributed by atoms with Gasteiger partial charge in [0.05, 0.1) is 12.7 Å². The maximum atomic E-state index is 13.7. The van der Waals surface area contributed by atoms with E-state index in [-0.39, 0.29) is 12.4 Å². The van der Waals surface area contributed by atoms with Gasteiger partial charge in [-0.1, -0.05) is 50.1 Å². The normalized spacial score (nSPS) is 10.6. The zero-order chi connectivity index (χ0) is 18.5. The van der Waals surface area contributed by atoms with Gasteiger partial charge < -0.3 is 10.1 Å². The van der Waals surface area contributed by atoms with Gasteiger partial charge in [0.15, 0.2) is 18.2 Å². The summed E-state index contributed by atoms with van der Waals surface area (Å²) in [6, 6.07) is 13.8. The first-order valence-electron chi connectivity index (χ1n) is 7.66. The van der Waals surface area contributed by atoms with Crippen LogP contribution in [0.3, 0.4) is 0 Å². The smallest absolute Gasteiger partial charge is 0.263 e. The van der Waals surface area contributed by atoms with Gasteiger partial charge in [0.1, 0.15) is 5.82 Å². The Morgan fingerprint density at radius 2 is 2.00 bits per heavy atom. The lowest BCUT2D eigenvalue weighted by Crippen LogP contribution is -2.22. The molecule has 1 amide bonds. The van der Waals surface area contributed by atoms with Crippen LogP contribution >= 0.6 is 31.9 Å². The molecular weight excluding hydrogens is 469 g/mol. The van der Waals surface area contributed by atoms with Crippen molar-refractivity contribution in [2.24, 2.45) is 0 Å². The third kappa shape index (κ3) is 4.70. The van der Waals surface area contributed by atoms with Crippen molar-refractivity contribution in [3.05, 3.63) is 75.1 Å². The van der Waals surface area contributed by atoms with Gasteiger partial charge in [-0.3, -0.25) is 4.79 Å². The number of aromatic nitrogens is 2. The Kier molecular flexibility index (Phi) is 6.05. The fourth-order valence-corrected chi connectivity index (χ4v) is 3.01. The Hall–Kier alpha value is -2.19. The first-order valence-corrected chi connectivity index (χ1v) is 9.24. The summed E-state index contributed by atoms with van der Waals surface area (Å²) in [6.07, 6.45) is 1.60. The number of benzene rings is 2. The number of carbonyl (C=O) groups excluding carboxylic acids is 1. The molecule has 0 atom stereocenters. The largest absolute Gasteiger partial charge is 0.481 e. The molecule has 1 aromatic heterocycles. The lowest BCUT2D eigenvalue weighted by atomic mass is 10.2. The number of rotatable bonds is 6. The van der Waals surface area contributed by atoms with Crippen LogP contribution in [0.15, 0.2) is 63.7 Å². The van der Waals surface area contributed by atoms with Gasteiger partial charge >= 0.3 is 0 Å². The van der Waals surface area contributed by atoms with Crippen LogP contribution in [-0.2, 0) is 11.3 Å². The zero-order valence-electron chi connectivity index (χ0n) is 13.5. The second-order valence-electron chi connectivity index (χ2n) is 5.38. The molecule has 0 aliphatic rings. The van der Waals surface area contributed by atoms with E-state index in [0.717, 1.165) is 10.0 Å². The molecule has 8 heteroatoms. The first-order chi connectivity index (χ1) is 12.5. The lowest BCUT2D eigenvalue weighted by Gasteiger charge is -2.11. The van der Waals surface area contributed by atoms with E-state index in [4.69, 9.17) is 4.74 Å². The van der Waals surface area contributed by atoms with E-state index in [1.54, 1.807) is 23.0 Å². The third-order valence-electron chi connectivity index (χ3n) is 3.51. The van der Waals surface area contributed by atoms with Crippen molar-refractivity contribution in [3.63, 3.8) is 0 Å². The van der Waals surface area contributed by atoms with Crippen LogP contribution in [0, 0.1) is 5.82 Å². The summed E-state index contributed by atoms with van der Waals surface area (Å²) in [7, 11) is 0. The zero-order valence-corrected chi connectivity index (χ0v) is 16.6. The third-order valence-corrected chi connectivity index (χ3v) is 4.78. The van der Waals surface area contributed by atoms with E-state index in [1.807, 2.05) is 24.3 Å². The molecule has 2 aromatic carbocycles. The molecule has 3 aromatic rings. The summed E-state index contributed by atoms with van der Waals surface area (Å²) < 4.78 is 22.2. The molecule has 1 heterocycles. The van der Waals surface area contributed by atoms with Crippen molar-refractivity contribution < 1.29 is 13.9 Å². The van der Waals surface area contributed by atoms with E-state index in [9.17, 15) is 9.18 Å². The number of nitrogens with zero attached hydrogens (tertiary/aromatic N) is 2. The number of ether oxygens (including phenoxy) is 1. The van der Waals surface area contributed by atoms with E-state index >= 15 is 0 Å². The minimum atomic E-state index is -0.536.